The molecule has 1 aromatic carbocycles. The lowest BCUT2D eigenvalue weighted by Crippen LogP contribution is -2.61. The van der Waals surface area contributed by atoms with Crippen LogP contribution in [0.5, 0.6) is 0 Å². The van der Waals surface area contributed by atoms with Gasteiger partial charge in [-0.15, -0.1) is 0 Å². The van der Waals surface area contributed by atoms with Crippen molar-refractivity contribution >= 4 is 11.6 Å². The van der Waals surface area contributed by atoms with Gasteiger partial charge in [0.25, 0.3) is 11.6 Å². The molecule has 1 heterocycles. The van der Waals surface area contributed by atoms with E-state index in [1.165, 1.54) is 12.1 Å². The summed E-state index contributed by atoms with van der Waals surface area (Å²) in [6.07, 6.45) is -3.79. The van der Waals surface area contributed by atoms with E-state index in [1.807, 2.05) is 27.7 Å². The lowest BCUT2D eigenvalue weighted by molar-refractivity contribution is -0.313. The van der Waals surface area contributed by atoms with Gasteiger partial charge in [-0.1, -0.05) is 39.8 Å². The molecule has 2 aliphatic rings. The van der Waals surface area contributed by atoms with Gasteiger partial charge in [0.15, 0.2) is 0 Å². The van der Waals surface area contributed by atoms with Crippen molar-refractivity contribution in [3.05, 3.63) is 35.4 Å². The molecule has 4 nitrogen and oxygen atoms in total. The van der Waals surface area contributed by atoms with Gasteiger partial charge in [-0.3, -0.25) is 4.79 Å². The molecule has 3 rings (SSSR count). The van der Waals surface area contributed by atoms with Crippen LogP contribution in [0.2, 0.25) is 0 Å². The summed E-state index contributed by atoms with van der Waals surface area (Å²) in [7, 11) is 0. The zero-order valence-corrected chi connectivity index (χ0v) is 16.0. The first-order valence-electron chi connectivity index (χ1n) is 9.17. The minimum absolute atomic E-state index is 0.0314. The van der Waals surface area contributed by atoms with E-state index in [0.29, 0.717) is 12.8 Å². The van der Waals surface area contributed by atoms with Crippen LogP contribution >= 0.6 is 0 Å². The minimum Gasteiger partial charge on any atom is -0.362 e. The molecule has 7 heteroatoms. The number of hydrogen-bond acceptors (Lipinski definition) is 3. The zero-order chi connectivity index (χ0) is 20.2. The topological polar surface area (TPSA) is 52.9 Å². The van der Waals surface area contributed by atoms with E-state index < -0.39 is 23.7 Å². The van der Waals surface area contributed by atoms with Crippen LogP contribution < -0.4 is 0 Å². The van der Waals surface area contributed by atoms with Crippen molar-refractivity contribution in [2.75, 3.05) is 0 Å². The summed E-state index contributed by atoms with van der Waals surface area (Å²) in [5.41, 5.74) is -2.15. The first-order chi connectivity index (χ1) is 12.4. The maximum Gasteiger partial charge on any atom is 0.439 e. The van der Waals surface area contributed by atoms with Crippen molar-refractivity contribution in [1.29, 1.82) is 0 Å². The first kappa shape index (κ1) is 19.9. The van der Waals surface area contributed by atoms with E-state index in [0.717, 1.165) is 5.56 Å². The third kappa shape index (κ3) is 3.26. The Bertz CT molecular complexity index is 765. The second-order valence-electron chi connectivity index (χ2n) is 8.69. The van der Waals surface area contributed by atoms with Crippen LogP contribution in [0.15, 0.2) is 29.4 Å². The van der Waals surface area contributed by atoms with Gasteiger partial charge in [0.2, 0.25) is 0 Å². The average molecular weight is 382 g/mol. The molecule has 0 radical (unpaired) electrons. The molecular weight excluding hydrogens is 357 g/mol. The van der Waals surface area contributed by atoms with Crippen molar-refractivity contribution < 1.29 is 23.1 Å². The lowest BCUT2D eigenvalue weighted by Gasteiger charge is -2.39. The summed E-state index contributed by atoms with van der Waals surface area (Å²) in [4.78, 5) is 12.9. The van der Waals surface area contributed by atoms with Crippen molar-refractivity contribution in [3.63, 3.8) is 0 Å². The van der Waals surface area contributed by atoms with Gasteiger partial charge in [0, 0.05) is 11.3 Å². The predicted molar refractivity (Wildman–Crippen MR) is 96.3 cm³/mol. The fourth-order valence-electron chi connectivity index (χ4n) is 3.85. The Morgan fingerprint density at radius 1 is 1.22 bits per heavy atom. The summed E-state index contributed by atoms with van der Waals surface area (Å²) in [6.45, 7) is 7.86. The molecule has 1 aliphatic carbocycles. The van der Waals surface area contributed by atoms with Gasteiger partial charge in [-0.25, -0.2) is 0 Å². The molecule has 0 saturated heterocycles. The van der Waals surface area contributed by atoms with Gasteiger partial charge in [-0.2, -0.15) is 23.3 Å². The monoisotopic (exact) mass is 382 g/mol. The smallest absolute Gasteiger partial charge is 0.362 e. The van der Waals surface area contributed by atoms with E-state index in [9.17, 15) is 23.1 Å². The minimum atomic E-state index is -5.00. The SMILES string of the molecule is C[C@@H]1CCC2=NN(C(=O)c3ccc(C(C)(C)C)cc3)[C@](O)(C(F)(F)F)[C@@H]2C1. The highest BCUT2D eigenvalue weighted by Crippen LogP contribution is 2.49. The van der Waals surface area contributed by atoms with Crippen LogP contribution in [-0.4, -0.2) is 33.6 Å². The van der Waals surface area contributed by atoms with Gasteiger partial charge in [0.1, 0.15) is 0 Å². The molecule has 148 valence electrons. The number of hydrazone groups is 1. The molecule has 0 aromatic heterocycles. The molecular formula is C20H25F3N2O2. The fourth-order valence-corrected chi connectivity index (χ4v) is 3.85. The maximum absolute atomic E-state index is 13.9. The highest BCUT2D eigenvalue weighted by Gasteiger charge is 2.68. The van der Waals surface area contributed by atoms with E-state index in [2.05, 4.69) is 5.10 Å². The molecule has 1 saturated carbocycles. The number of amides is 1. The third-order valence-corrected chi connectivity index (χ3v) is 5.58. The van der Waals surface area contributed by atoms with Gasteiger partial charge < -0.3 is 5.11 Å². The Kier molecular flexibility index (Phi) is 4.65. The number of halogens is 3. The van der Waals surface area contributed by atoms with Crippen LogP contribution in [0.25, 0.3) is 0 Å². The highest BCUT2D eigenvalue weighted by molar-refractivity contribution is 5.99. The number of hydrogen-bond donors (Lipinski definition) is 1. The molecule has 1 N–H and O–H groups in total. The second-order valence-corrected chi connectivity index (χ2v) is 8.69. The molecule has 0 bridgehead atoms. The Labute approximate surface area is 157 Å². The quantitative estimate of drug-likeness (QED) is 0.778. The van der Waals surface area contributed by atoms with Crippen molar-refractivity contribution in [1.82, 2.24) is 5.01 Å². The molecule has 27 heavy (non-hydrogen) atoms. The summed E-state index contributed by atoms with van der Waals surface area (Å²) in [6, 6.07) is 6.42. The number of aliphatic hydroxyl groups is 1. The summed E-state index contributed by atoms with van der Waals surface area (Å²) in [5.74, 6) is -2.12. The molecule has 0 spiro atoms. The number of nitrogens with zero attached hydrogens (tertiary/aromatic N) is 2. The standard InChI is InChI=1S/C20H25F3N2O2/c1-12-5-10-16-15(11-12)19(27,20(21,22)23)25(24-16)17(26)13-6-8-14(9-7-13)18(2,3)4/h6-9,12,15,27H,5,10-11H2,1-4H3/t12-,15-,19-/m1/s1. The van der Waals surface area contributed by atoms with Gasteiger partial charge in [-0.05, 0) is 48.3 Å². The first-order valence-corrected chi connectivity index (χ1v) is 9.17. The Morgan fingerprint density at radius 3 is 2.33 bits per heavy atom. The van der Waals surface area contributed by atoms with E-state index >= 15 is 0 Å². The number of fused-ring (bicyclic) bond motifs is 1. The van der Waals surface area contributed by atoms with E-state index in [-0.39, 0.29) is 34.0 Å². The number of carbonyl (C=O) groups is 1. The van der Waals surface area contributed by atoms with Gasteiger partial charge >= 0.3 is 6.18 Å². The Balaban J connectivity index is 1.98. The van der Waals surface area contributed by atoms with Crippen LogP contribution in [0.4, 0.5) is 13.2 Å². The molecule has 1 aliphatic heterocycles. The summed E-state index contributed by atoms with van der Waals surface area (Å²) < 4.78 is 41.6. The van der Waals surface area contributed by atoms with Crippen LogP contribution in [0.1, 0.15) is 62.9 Å². The predicted octanol–water partition coefficient (Wildman–Crippen LogP) is 4.48. The molecule has 0 unspecified atom stereocenters. The van der Waals surface area contributed by atoms with Crippen molar-refractivity contribution in [2.45, 2.75) is 64.3 Å². The van der Waals surface area contributed by atoms with E-state index in [4.69, 9.17) is 0 Å². The fraction of sp³-hybridized carbons (Fsp3) is 0.600. The molecule has 1 amide bonds. The molecule has 1 aromatic rings. The average Bonchev–Trinajstić information content (AvgIpc) is 2.87. The molecule has 1 fully saturated rings. The Morgan fingerprint density at radius 2 is 1.81 bits per heavy atom. The molecule has 3 atom stereocenters. The number of rotatable bonds is 1. The van der Waals surface area contributed by atoms with Crippen LogP contribution in [0.3, 0.4) is 0 Å². The number of benzene rings is 1. The maximum atomic E-state index is 13.9. The lowest BCUT2D eigenvalue weighted by atomic mass is 9.76. The Hall–Kier alpha value is -1.89. The van der Waals surface area contributed by atoms with Gasteiger partial charge in [0.05, 0.1) is 5.92 Å². The number of carbonyl (C=O) groups excluding carboxylic acids is 1. The number of alkyl halides is 3. The third-order valence-electron chi connectivity index (χ3n) is 5.58. The normalized spacial score (nSPS) is 28.7. The summed E-state index contributed by atoms with van der Waals surface area (Å²) >= 11 is 0. The second kappa shape index (κ2) is 6.33. The highest BCUT2D eigenvalue weighted by atomic mass is 19.4. The summed E-state index contributed by atoms with van der Waals surface area (Å²) in [5, 5.41) is 14.9. The van der Waals surface area contributed by atoms with Crippen molar-refractivity contribution in [3.8, 4) is 0 Å². The van der Waals surface area contributed by atoms with E-state index in [1.54, 1.807) is 12.1 Å². The van der Waals surface area contributed by atoms with Crippen molar-refractivity contribution in [2.24, 2.45) is 16.9 Å². The largest absolute Gasteiger partial charge is 0.439 e. The van der Waals surface area contributed by atoms with Crippen LogP contribution in [-0.2, 0) is 5.41 Å². The zero-order valence-electron chi connectivity index (χ0n) is 16.0. The van der Waals surface area contributed by atoms with Crippen LogP contribution in [0, 0.1) is 11.8 Å².